The Hall–Kier alpha value is -4.10. The molecule has 0 aliphatic heterocycles. The minimum atomic E-state index is 0.565. The predicted octanol–water partition coefficient (Wildman–Crippen LogP) is 4.32. The van der Waals surface area contributed by atoms with E-state index in [4.69, 9.17) is 0 Å². The molecule has 132 valence electrons. The summed E-state index contributed by atoms with van der Waals surface area (Å²) in [4.78, 5) is 30.8. The number of carbonyl (C=O) groups excluding carboxylic acids is 2. The molecule has 0 aliphatic rings. The van der Waals surface area contributed by atoms with E-state index in [-0.39, 0.29) is 0 Å². The number of aromatic nitrogens is 2. The van der Waals surface area contributed by atoms with Crippen LogP contribution in [0, 0.1) is 11.8 Å². The number of hydrogen-bond donors (Lipinski definition) is 0. The van der Waals surface area contributed by atoms with Crippen molar-refractivity contribution < 1.29 is 9.59 Å². The first-order chi connectivity index (χ1) is 13.8. The van der Waals surface area contributed by atoms with Crippen LogP contribution in [0.15, 0.2) is 73.1 Å². The summed E-state index contributed by atoms with van der Waals surface area (Å²) >= 11 is 0. The molecule has 0 spiro atoms. The van der Waals surface area contributed by atoms with Gasteiger partial charge < -0.3 is 0 Å². The van der Waals surface area contributed by atoms with Crippen molar-refractivity contribution in [2.24, 2.45) is 0 Å². The lowest BCUT2D eigenvalue weighted by Gasteiger charge is -2.06. The highest BCUT2D eigenvalue weighted by molar-refractivity contribution is 5.97. The molecule has 0 fully saturated rings. The van der Waals surface area contributed by atoms with Gasteiger partial charge in [0.2, 0.25) is 0 Å². The maximum atomic E-state index is 11.4. The molecule has 0 saturated heterocycles. The Kier molecular flexibility index (Phi) is 4.73. The molecule has 0 unspecified atom stereocenters. The molecule has 4 heteroatoms. The molecule has 4 aromatic rings. The molecular weight excluding hydrogens is 348 g/mol. The number of aldehydes is 2. The second-order valence-electron chi connectivity index (χ2n) is 6.17. The highest BCUT2D eigenvalue weighted by atomic mass is 16.1. The zero-order valence-electron chi connectivity index (χ0n) is 14.8. The molecule has 4 nitrogen and oxygen atoms in total. The fraction of sp³-hybridized carbons (Fsp3) is 0. The molecule has 0 aliphatic carbocycles. The van der Waals surface area contributed by atoms with Crippen molar-refractivity contribution in [3.63, 3.8) is 0 Å². The largest absolute Gasteiger partial charge is 0.298 e. The van der Waals surface area contributed by atoms with E-state index in [0.717, 1.165) is 45.9 Å². The summed E-state index contributed by atoms with van der Waals surface area (Å²) in [6.07, 6.45) is 4.94. The van der Waals surface area contributed by atoms with Gasteiger partial charge in [-0.2, -0.15) is 0 Å². The first kappa shape index (κ1) is 17.3. The number of hydrogen-bond acceptors (Lipinski definition) is 4. The van der Waals surface area contributed by atoms with Gasteiger partial charge >= 0.3 is 0 Å². The Morgan fingerprint density at radius 3 is 2.11 bits per heavy atom. The first-order valence-electron chi connectivity index (χ1n) is 8.64. The lowest BCUT2D eigenvalue weighted by atomic mass is 10.0. The van der Waals surface area contributed by atoms with Crippen LogP contribution in [0.5, 0.6) is 0 Å². The Labute approximate surface area is 161 Å². The number of rotatable bonds is 3. The second-order valence-corrected chi connectivity index (χ2v) is 6.17. The van der Waals surface area contributed by atoms with Crippen LogP contribution >= 0.6 is 0 Å². The van der Waals surface area contributed by atoms with Crippen molar-refractivity contribution in [3.05, 3.63) is 95.3 Å². The van der Waals surface area contributed by atoms with E-state index < -0.39 is 0 Å². The van der Waals surface area contributed by atoms with Gasteiger partial charge in [0.25, 0.3) is 0 Å². The summed E-state index contributed by atoms with van der Waals surface area (Å²) in [5, 5.41) is 0.740. The summed E-state index contributed by atoms with van der Waals surface area (Å²) < 4.78 is 0. The molecule has 0 saturated carbocycles. The summed E-state index contributed by atoms with van der Waals surface area (Å²) in [6.45, 7) is 0. The van der Waals surface area contributed by atoms with Gasteiger partial charge in [0.1, 0.15) is 6.29 Å². The predicted molar refractivity (Wildman–Crippen MR) is 108 cm³/mol. The molecule has 2 heterocycles. The smallest absolute Gasteiger partial charge is 0.150 e. The number of pyridine rings is 2. The van der Waals surface area contributed by atoms with Crippen LogP contribution in [0.1, 0.15) is 31.8 Å². The highest BCUT2D eigenvalue weighted by Crippen LogP contribution is 2.23. The number of fused-ring (bicyclic) bond motifs is 1. The third-order valence-electron chi connectivity index (χ3n) is 4.35. The number of nitrogens with zero attached hydrogens (tertiary/aromatic N) is 2. The van der Waals surface area contributed by atoms with Gasteiger partial charge in [-0.05, 0) is 36.4 Å². The van der Waals surface area contributed by atoms with Gasteiger partial charge in [-0.25, -0.2) is 4.98 Å². The van der Waals surface area contributed by atoms with Gasteiger partial charge in [0.05, 0.1) is 11.2 Å². The standard InChI is InChI=1S/C24H14N2O2/c27-15-19-5-3-17(4-6-19)1-2-18-7-9-20(10-8-18)24-13-21(16-28)22-14-25-12-11-23(22)26-24/h3-16H. The van der Waals surface area contributed by atoms with Gasteiger partial charge in [0, 0.05) is 45.6 Å². The van der Waals surface area contributed by atoms with Gasteiger partial charge in [-0.15, -0.1) is 0 Å². The molecular formula is C24H14N2O2. The summed E-state index contributed by atoms with van der Waals surface area (Å²) in [7, 11) is 0. The highest BCUT2D eigenvalue weighted by Gasteiger charge is 2.07. The van der Waals surface area contributed by atoms with Gasteiger partial charge in [-0.1, -0.05) is 36.1 Å². The minimum absolute atomic E-state index is 0.565. The van der Waals surface area contributed by atoms with E-state index in [1.165, 1.54) is 0 Å². The second kappa shape index (κ2) is 7.65. The van der Waals surface area contributed by atoms with Crippen LogP contribution in [-0.2, 0) is 0 Å². The molecule has 0 bridgehead atoms. The average Bonchev–Trinajstić information content (AvgIpc) is 2.77. The van der Waals surface area contributed by atoms with Crippen molar-refractivity contribution in [3.8, 4) is 23.1 Å². The minimum Gasteiger partial charge on any atom is -0.298 e. The zero-order valence-corrected chi connectivity index (χ0v) is 14.8. The first-order valence-corrected chi connectivity index (χ1v) is 8.64. The quantitative estimate of drug-likeness (QED) is 0.402. The van der Waals surface area contributed by atoms with E-state index in [1.54, 1.807) is 36.7 Å². The van der Waals surface area contributed by atoms with Crippen molar-refractivity contribution in [1.29, 1.82) is 0 Å². The van der Waals surface area contributed by atoms with Crippen molar-refractivity contribution >= 4 is 23.5 Å². The number of carbonyl (C=O) groups is 2. The third-order valence-corrected chi connectivity index (χ3v) is 4.35. The molecule has 4 rings (SSSR count). The SMILES string of the molecule is O=Cc1ccc(C#Cc2ccc(-c3cc(C=O)c4cnccc4n3)cc2)cc1. The van der Waals surface area contributed by atoms with Crippen LogP contribution in [-0.4, -0.2) is 22.5 Å². The summed E-state index contributed by atoms with van der Waals surface area (Å²) in [5.74, 6) is 6.19. The van der Waals surface area contributed by atoms with E-state index in [1.807, 2.05) is 36.4 Å². The summed E-state index contributed by atoms with van der Waals surface area (Å²) in [5.41, 5.74) is 5.27. The lowest BCUT2D eigenvalue weighted by Crippen LogP contribution is -1.92. The Balaban J connectivity index is 1.63. The lowest BCUT2D eigenvalue weighted by molar-refractivity contribution is 0.111. The van der Waals surface area contributed by atoms with E-state index in [2.05, 4.69) is 21.8 Å². The van der Waals surface area contributed by atoms with Crippen molar-refractivity contribution in [2.45, 2.75) is 0 Å². The molecule has 0 atom stereocenters. The monoisotopic (exact) mass is 362 g/mol. The molecule has 0 N–H and O–H groups in total. The van der Waals surface area contributed by atoms with Crippen LogP contribution < -0.4 is 0 Å². The van der Waals surface area contributed by atoms with Gasteiger partial charge in [-0.3, -0.25) is 14.6 Å². The Morgan fingerprint density at radius 2 is 1.46 bits per heavy atom. The zero-order chi connectivity index (χ0) is 19.3. The molecule has 0 radical (unpaired) electrons. The van der Waals surface area contributed by atoms with Crippen LogP contribution in [0.2, 0.25) is 0 Å². The Bertz CT molecular complexity index is 1230. The van der Waals surface area contributed by atoms with Crippen LogP contribution in [0.3, 0.4) is 0 Å². The molecule has 2 aromatic carbocycles. The van der Waals surface area contributed by atoms with E-state index in [0.29, 0.717) is 11.1 Å². The van der Waals surface area contributed by atoms with Crippen molar-refractivity contribution in [2.75, 3.05) is 0 Å². The van der Waals surface area contributed by atoms with E-state index in [9.17, 15) is 9.59 Å². The van der Waals surface area contributed by atoms with Gasteiger partial charge in [0.15, 0.2) is 6.29 Å². The fourth-order valence-electron chi connectivity index (χ4n) is 2.85. The number of benzene rings is 2. The average molecular weight is 362 g/mol. The molecule has 0 amide bonds. The summed E-state index contributed by atoms with van der Waals surface area (Å²) in [6, 6.07) is 18.4. The molecule has 28 heavy (non-hydrogen) atoms. The van der Waals surface area contributed by atoms with E-state index >= 15 is 0 Å². The van der Waals surface area contributed by atoms with Crippen molar-refractivity contribution in [1.82, 2.24) is 9.97 Å². The maximum absolute atomic E-state index is 11.4. The molecule has 2 aromatic heterocycles. The maximum Gasteiger partial charge on any atom is 0.150 e. The topological polar surface area (TPSA) is 59.9 Å². The van der Waals surface area contributed by atoms with Crippen LogP contribution in [0.4, 0.5) is 0 Å². The van der Waals surface area contributed by atoms with Crippen LogP contribution in [0.25, 0.3) is 22.2 Å². The normalized spacial score (nSPS) is 10.1. The Morgan fingerprint density at radius 1 is 0.786 bits per heavy atom. The third kappa shape index (κ3) is 3.55. The fourth-order valence-corrected chi connectivity index (χ4v) is 2.85.